The van der Waals surface area contributed by atoms with E-state index < -0.39 is 11.6 Å². The average Bonchev–Trinajstić information content (AvgIpc) is 2.38. The molecule has 1 heterocycles. The van der Waals surface area contributed by atoms with Crippen molar-refractivity contribution in [2.75, 3.05) is 7.05 Å². The second kappa shape index (κ2) is 5.55. The number of benzene rings is 1. The first-order valence-corrected chi connectivity index (χ1v) is 5.42. The van der Waals surface area contributed by atoms with Crippen LogP contribution < -0.4 is 10.1 Å². The first-order valence-electron chi connectivity index (χ1n) is 5.42. The van der Waals surface area contributed by atoms with Crippen LogP contribution in [0.15, 0.2) is 36.5 Å². The maximum absolute atomic E-state index is 13.3. The molecule has 1 N–H and O–H groups in total. The van der Waals surface area contributed by atoms with E-state index in [9.17, 15) is 8.78 Å². The molecule has 0 aliphatic heterocycles. The van der Waals surface area contributed by atoms with Crippen molar-refractivity contribution in [2.24, 2.45) is 0 Å². The van der Waals surface area contributed by atoms with E-state index in [0.29, 0.717) is 6.54 Å². The summed E-state index contributed by atoms with van der Waals surface area (Å²) in [6.45, 7) is 0.682. The standard InChI is InChI=1S/C13H12F2N2O/c1-16-7-9-5-6-12(17-8-9)18-11-4-2-3-10(14)13(11)15/h2-6,8,16H,7H2,1H3. The Kier molecular flexibility index (Phi) is 3.84. The summed E-state index contributed by atoms with van der Waals surface area (Å²) in [6, 6.07) is 7.17. The van der Waals surface area contributed by atoms with Crippen molar-refractivity contribution in [1.29, 1.82) is 0 Å². The zero-order valence-corrected chi connectivity index (χ0v) is 9.78. The van der Waals surface area contributed by atoms with Crippen LogP contribution in [0.5, 0.6) is 11.6 Å². The van der Waals surface area contributed by atoms with Crippen LogP contribution in [0, 0.1) is 11.6 Å². The largest absolute Gasteiger partial charge is 0.436 e. The SMILES string of the molecule is CNCc1ccc(Oc2cccc(F)c2F)nc1. The molecule has 0 amide bonds. The fourth-order valence-corrected chi connectivity index (χ4v) is 1.46. The van der Waals surface area contributed by atoms with Gasteiger partial charge in [0.15, 0.2) is 11.6 Å². The predicted molar refractivity (Wildman–Crippen MR) is 63.4 cm³/mol. The number of pyridine rings is 1. The molecule has 0 saturated heterocycles. The number of hydrogen-bond acceptors (Lipinski definition) is 3. The minimum atomic E-state index is -1.02. The van der Waals surface area contributed by atoms with Crippen LogP contribution in [-0.2, 0) is 6.54 Å². The second-order valence-corrected chi connectivity index (χ2v) is 3.69. The molecular formula is C13H12F2N2O. The number of halogens is 2. The van der Waals surface area contributed by atoms with E-state index in [1.807, 2.05) is 7.05 Å². The van der Waals surface area contributed by atoms with Gasteiger partial charge in [0.2, 0.25) is 11.7 Å². The summed E-state index contributed by atoms with van der Waals surface area (Å²) in [5, 5.41) is 2.98. The highest BCUT2D eigenvalue weighted by atomic mass is 19.2. The molecule has 0 bridgehead atoms. The Bertz CT molecular complexity index is 529. The topological polar surface area (TPSA) is 34.1 Å². The lowest BCUT2D eigenvalue weighted by atomic mass is 10.3. The first-order chi connectivity index (χ1) is 8.70. The molecule has 18 heavy (non-hydrogen) atoms. The molecule has 0 fully saturated rings. The predicted octanol–water partition coefficient (Wildman–Crippen LogP) is 2.87. The van der Waals surface area contributed by atoms with Gasteiger partial charge in [-0.3, -0.25) is 0 Å². The molecule has 2 aromatic rings. The highest BCUT2D eigenvalue weighted by Gasteiger charge is 2.09. The summed E-state index contributed by atoms with van der Waals surface area (Å²) in [7, 11) is 1.83. The molecular weight excluding hydrogens is 238 g/mol. The van der Waals surface area contributed by atoms with E-state index in [4.69, 9.17) is 4.74 Å². The van der Waals surface area contributed by atoms with Gasteiger partial charge in [-0.05, 0) is 24.7 Å². The molecule has 0 aliphatic rings. The number of nitrogens with one attached hydrogen (secondary N) is 1. The van der Waals surface area contributed by atoms with Gasteiger partial charge in [-0.15, -0.1) is 0 Å². The summed E-state index contributed by atoms with van der Waals surface area (Å²) in [5.41, 5.74) is 0.976. The Morgan fingerprint density at radius 1 is 1.22 bits per heavy atom. The molecule has 1 aromatic heterocycles. The van der Waals surface area contributed by atoms with Gasteiger partial charge in [0.25, 0.3) is 0 Å². The van der Waals surface area contributed by atoms with Crippen LogP contribution in [0.1, 0.15) is 5.56 Å². The van der Waals surface area contributed by atoms with Crippen molar-refractivity contribution >= 4 is 0 Å². The highest BCUT2D eigenvalue weighted by molar-refractivity contribution is 5.30. The first kappa shape index (κ1) is 12.4. The number of ether oxygens (including phenoxy) is 1. The third kappa shape index (κ3) is 2.81. The normalized spacial score (nSPS) is 10.4. The lowest BCUT2D eigenvalue weighted by molar-refractivity contribution is 0.405. The minimum Gasteiger partial charge on any atom is -0.436 e. The number of aromatic nitrogens is 1. The molecule has 2 rings (SSSR count). The van der Waals surface area contributed by atoms with Crippen LogP contribution in [0.2, 0.25) is 0 Å². The van der Waals surface area contributed by atoms with E-state index in [0.717, 1.165) is 11.6 Å². The monoisotopic (exact) mass is 250 g/mol. The number of rotatable bonds is 4. The van der Waals surface area contributed by atoms with Crippen LogP contribution >= 0.6 is 0 Å². The molecule has 0 spiro atoms. The summed E-state index contributed by atoms with van der Waals surface area (Å²) < 4.78 is 31.5. The van der Waals surface area contributed by atoms with E-state index in [2.05, 4.69) is 10.3 Å². The summed E-state index contributed by atoms with van der Waals surface area (Å²) in [4.78, 5) is 4.01. The Morgan fingerprint density at radius 3 is 2.72 bits per heavy atom. The maximum Gasteiger partial charge on any atom is 0.219 e. The van der Waals surface area contributed by atoms with Crippen molar-refractivity contribution in [3.05, 3.63) is 53.7 Å². The average molecular weight is 250 g/mol. The Hall–Kier alpha value is -2.01. The van der Waals surface area contributed by atoms with Crippen LogP contribution in [0.25, 0.3) is 0 Å². The van der Waals surface area contributed by atoms with Crippen molar-refractivity contribution in [3.63, 3.8) is 0 Å². The summed E-state index contributed by atoms with van der Waals surface area (Å²) in [6.07, 6.45) is 1.61. The van der Waals surface area contributed by atoms with Gasteiger partial charge in [0.05, 0.1) is 0 Å². The minimum absolute atomic E-state index is 0.177. The fourth-order valence-electron chi connectivity index (χ4n) is 1.46. The molecule has 5 heteroatoms. The smallest absolute Gasteiger partial charge is 0.219 e. The molecule has 3 nitrogen and oxygen atoms in total. The molecule has 0 radical (unpaired) electrons. The molecule has 0 atom stereocenters. The lowest BCUT2D eigenvalue weighted by Crippen LogP contribution is -2.05. The van der Waals surface area contributed by atoms with Gasteiger partial charge >= 0.3 is 0 Å². The third-order valence-electron chi connectivity index (χ3n) is 2.31. The molecule has 0 aliphatic carbocycles. The second-order valence-electron chi connectivity index (χ2n) is 3.69. The van der Waals surface area contributed by atoms with Gasteiger partial charge in [-0.2, -0.15) is 4.39 Å². The van der Waals surface area contributed by atoms with Crippen LogP contribution in [0.4, 0.5) is 8.78 Å². The van der Waals surface area contributed by atoms with Crippen molar-refractivity contribution in [3.8, 4) is 11.6 Å². The van der Waals surface area contributed by atoms with Gasteiger partial charge in [-0.25, -0.2) is 9.37 Å². The summed E-state index contributed by atoms with van der Waals surface area (Å²) >= 11 is 0. The number of nitrogens with zero attached hydrogens (tertiary/aromatic N) is 1. The zero-order valence-electron chi connectivity index (χ0n) is 9.78. The van der Waals surface area contributed by atoms with Gasteiger partial charge < -0.3 is 10.1 Å². The third-order valence-corrected chi connectivity index (χ3v) is 2.31. The van der Waals surface area contributed by atoms with E-state index >= 15 is 0 Å². The van der Waals surface area contributed by atoms with Gasteiger partial charge in [0, 0.05) is 18.8 Å². The van der Waals surface area contributed by atoms with Gasteiger partial charge in [0.1, 0.15) is 0 Å². The van der Waals surface area contributed by atoms with Crippen molar-refractivity contribution < 1.29 is 13.5 Å². The van der Waals surface area contributed by atoms with Crippen molar-refractivity contribution in [1.82, 2.24) is 10.3 Å². The molecule has 0 unspecified atom stereocenters. The quantitative estimate of drug-likeness (QED) is 0.906. The number of hydrogen-bond donors (Lipinski definition) is 1. The Balaban J connectivity index is 2.16. The zero-order chi connectivity index (χ0) is 13.0. The summed E-state index contributed by atoms with van der Waals surface area (Å²) in [5.74, 6) is -1.92. The maximum atomic E-state index is 13.3. The van der Waals surface area contributed by atoms with Crippen LogP contribution in [0.3, 0.4) is 0 Å². The molecule has 0 saturated carbocycles. The van der Waals surface area contributed by atoms with Crippen molar-refractivity contribution in [2.45, 2.75) is 6.54 Å². The molecule has 94 valence electrons. The van der Waals surface area contributed by atoms with E-state index in [1.165, 1.54) is 12.1 Å². The van der Waals surface area contributed by atoms with Gasteiger partial charge in [-0.1, -0.05) is 12.1 Å². The van der Waals surface area contributed by atoms with E-state index in [1.54, 1.807) is 18.3 Å². The van der Waals surface area contributed by atoms with Crippen LogP contribution in [-0.4, -0.2) is 12.0 Å². The fraction of sp³-hybridized carbons (Fsp3) is 0.154. The Morgan fingerprint density at radius 2 is 2.06 bits per heavy atom. The highest BCUT2D eigenvalue weighted by Crippen LogP contribution is 2.24. The van der Waals surface area contributed by atoms with E-state index in [-0.39, 0.29) is 11.6 Å². The Labute approximate surface area is 103 Å². The molecule has 1 aromatic carbocycles. The lowest BCUT2D eigenvalue weighted by Gasteiger charge is -2.06.